The Kier molecular flexibility index (Phi) is 4.34. The average Bonchev–Trinajstić information content (AvgIpc) is 2.76. The molecule has 2 bridgehead atoms. The van der Waals surface area contributed by atoms with Crippen molar-refractivity contribution in [3.63, 3.8) is 0 Å². The number of carbonyl (C=O) groups is 2. The molecule has 0 aromatic heterocycles. The molecule has 0 unspecified atom stereocenters. The van der Waals surface area contributed by atoms with Crippen molar-refractivity contribution in [1.82, 2.24) is 0 Å². The van der Waals surface area contributed by atoms with Crippen molar-refractivity contribution in [3.05, 3.63) is 46.0 Å². The second-order valence-electron chi connectivity index (χ2n) is 5.96. The predicted octanol–water partition coefficient (Wildman–Crippen LogP) is 4.01. The number of ether oxygens (including phenoxy) is 1. The Morgan fingerprint density at radius 2 is 1.91 bits per heavy atom. The molecule has 3 aliphatic carbocycles. The lowest BCUT2D eigenvalue weighted by Crippen LogP contribution is -2.31. The first-order valence-corrected chi connectivity index (χ1v) is 8.23. The number of fused-ring (bicyclic) bond motifs is 3. The first-order valence-electron chi connectivity index (χ1n) is 7.44. The summed E-state index contributed by atoms with van der Waals surface area (Å²) < 4.78 is 6.85. The Morgan fingerprint density at radius 1 is 1.18 bits per heavy atom. The smallest absolute Gasteiger partial charge is 0.339 e. The predicted molar refractivity (Wildman–Crippen MR) is 85.1 cm³/mol. The van der Waals surface area contributed by atoms with Crippen LogP contribution in [0.5, 0.6) is 0 Å². The zero-order valence-corrected chi connectivity index (χ0v) is 13.6. The molecule has 0 radical (unpaired) electrons. The van der Waals surface area contributed by atoms with Crippen LogP contribution in [0.15, 0.2) is 34.8 Å². The monoisotopic (exact) mass is 364 g/mol. The molecule has 1 N–H and O–H groups in total. The fourth-order valence-corrected chi connectivity index (χ4v) is 4.17. The van der Waals surface area contributed by atoms with Crippen LogP contribution >= 0.6 is 15.9 Å². The molecule has 3 aliphatic rings. The quantitative estimate of drug-likeness (QED) is 0.823. The van der Waals surface area contributed by atoms with Gasteiger partial charge in [-0.2, -0.15) is 0 Å². The van der Waals surface area contributed by atoms with Gasteiger partial charge in [0.2, 0.25) is 0 Å². The summed E-state index contributed by atoms with van der Waals surface area (Å²) >= 11 is 3.57. The van der Waals surface area contributed by atoms with Gasteiger partial charge in [0, 0.05) is 5.92 Å². The fraction of sp³-hybridized carbons (Fsp3) is 0.412. The summed E-state index contributed by atoms with van der Waals surface area (Å²) in [4.78, 5) is 23.6. The van der Waals surface area contributed by atoms with E-state index < -0.39 is 11.9 Å². The molecule has 5 heteroatoms. The maximum atomic E-state index is 12.4. The lowest BCUT2D eigenvalue weighted by atomic mass is 9.81. The Hall–Kier alpha value is -1.62. The van der Waals surface area contributed by atoms with E-state index in [1.807, 2.05) is 0 Å². The van der Waals surface area contributed by atoms with Crippen LogP contribution in [0.4, 0.5) is 0 Å². The van der Waals surface area contributed by atoms with Crippen LogP contribution in [0.2, 0.25) is 0 Å². The number of benzene rings is 1. The van der Waals surface area contributed by atoms with Gasteiger partial charge >= 0.3 is 11.9 Å². The van der Waals surface area contributed by atoms with Crippen LogP contribution in [-0.2, 0) is 4.74 Å². The minimum Gasteiger partial charge on any atom is -0.478 e. The van der Waals surface area contributed by atoms with Crippen molar-refractivity contribution in [2.75, 3.05) is 0 Å². The van der Waals surface area contributed by atoms with Crippen LogP contribution in [-0.4, -0.2) is 23.1 Å². The Labute approximate surface area is 137 Å². The highest BCUT2D eigenvalue weighted by Crippen LogP contribution is 2.41. The number of carbonyl (C=O) groups excluding carboxylic acids is 1. The van der Waals surface area contributed by atoms with E-state index in [1.54, 1.807) is 12.1 Å². The Morgan fingerprint density at radius 3 is 2.64 bits per heavy atom. The third kappa shape index (κ3) is 3.09. The van der Waals surface area contributed by atoms with E-state index in [2.05, 4.69) is 22.0 Å². The van der Waals surface area contributed by atoms with Crippen molar-refractivity contribution >= 4 is 27.9 Å². The Balaban J connectivity index is 1.79. The van der Waals surface area contributed by atoms with Gasteiger partial charge in [-0.05, 0) is 48.2 Å². The van der Waals surface area contributed by atoms with Crippen LogP contribution in [0.1, 0.15) is 46.4 Å². The van der Waals surface area contributed by atoms with Gasteiger partial charge in [-0.25, -0.2) is 9.59 Å². The molecule has 1 saturated carbocycles. The molecule has 116 valence electrons. The van der Waals surface area contributed by atoms with Gasteiger partial charge in [-0.3, -0.25) is 0 Å². The van der Waals surface area contributed by atoms with Crippen LogP contribution < -0.4 is 0 Å². The van der Waals surface area contributed by atoms with Gasteiger partial charge in [0.15, 0.2) is 0 Å². The molecular weight excluding hydrogens is 348 g/mol. The normalized spacial score (nSPS) is 27.0. The van der Waals surface area contributed by atoms with Crippen LogP contribution in [0.25, 0.3) is 0 Å². The second-order valence-corrected chi connectivity index (χ2v) is 6.97. The van der Waals surface area contributed by atoms with E-state index >= 15 is 0 Å². The summed E-state index contributed by atoms with van der Waals surface area (Å²) in [7, 11) is 0. The standard InChI is InChI=1S/C17H17BrO4/c18-12-7-10-5-6-11(9-12)15(8-10)22-17(21)14-4-2-1-3-13(14)16(19)20/h1-4,9-11,15H,5-8H2,(H,19,20)/t10-,11-,15+/m0/s1. The van der Waals surface area contributed by atoms with E-state index in [-0.39, 0.29) is 23.1 Å². The summed E-state index contributed by atoms with van der Waals surface area (Å²) in [5.41, 5.74) is 0.112. The third-order valence-corrected chi connectivity index (χ3v) is 5.05. The summed E-state index contributed by atoms with van der Waals surface area (Å²) in [5.74, 6) is -0.913. The molecule has 1 aromatic carbocycles. The lowest BCUT2D eigenvalue weighted by molar-refractivity contribution is 0.00252. The van der Waals surface area contributed by atoms with Crippen LogP contribution in [0, 0.1) is 11.8 Å². The molecule has 0 aliphatic heterocycles. The first-order chi connectivity index (χ1) is 10.5. The highest BCUT2D eigenvalue weighted by atomic mass is 79.9. The number of esters is 1. The number of rotatable bonds is 3. The third-order valence-electron chi connectivity index (χ3n) is 4.47. The van der Waals surface area contributed by atoms with E-state index in [0.717, 1.165) is 25.7 Å². The molecule has 3 atom stereocenters. The lowest BCUT2D eigenvalue weighted by Gasteiger charge is -2.31. The Bertz CT molecular complexity index is 637. The van der Waals surface area contributed by atoms with Gasteiger partial charge in [0.05, 0.1) is 11.1 Å². The summed E-state index contributed by atoms with van der Waals surface area (Å²) in [6.45, 7) is 0. The number of hydrogen-bond donors (Lipinski definition) is 1. The number of hydrogen-bond acceptors (Lipinski definition) is 3. The largest absolute Gasteiger partial charge is 0.478 e. The maximum Gasteiger partial charge on any atom is 0.339 e. The fourth-order valence-electron chi connectivity index (χ4n) is 3.37. The summed E-state index contributed by atoms with van der Waals surface area (Å²) in [6.07, 6.45) is 5.98. The second kappa shape index (κ2) is 6.24. The summed E-state index contributed by atoms with van der Waals surface area (Å²) in [6, 6.07) is 6.19. The van der Waals surface area contributed by atoms with Crippen molar-refractivity contribution < 1.29 is 19.4 Å². The molecule has 0 heterocycles. The van der Waals surface area contributed by atoms with Crippen molar-refractivity contribution in [1.29, 1.82) is 0 Å². The van der Waals surface area contributed by atoms with E-state index in [4.69, 9.17) is 4.74 Å². The van der Waals surface area contributed by atoms with Crippen molar-refractivity contribution in [3.8, 4) is 0 Å². The number of aromatic carboxylic acids is 1. The molecule has 4 nitrogen and oxygen atoms in total. The van der Waals surface area contributed by atoms with Crippen molar-refractivity contribution in [2.24, 2.45) is 11.8 Å². The topological polar surface area (TPSA) is 63.6 Å². The van der Waals surface area contributed by atoms with Crippen molar-refractivity contribution in [2.45, 2.75) is 31.8 Å². The first kappa shape index (κ1) is 15.3. The van der Waals surface area contributed by atoms with Gasteiger partial charge in [-0.15, -0.1) is 0 Å². The molecule has 1 aromatic rings. The van der Waals surface area contributed by atoms with E-state index in [1.165, 1.54) is 16.6 Å². The van der Waals surface area contributed by atoms with Gasteiger partial charge in [0.1, 0.15) is 6.10 Å². The number of halogens is 1. The highest BCUT2D eigenvalue weighted by molar-refractivity contribution is 9.11. The average molecular weight is 365 g/mol. The SMILES string of the molecule is O=C(O)c1ccccc1C(=O)O[C@@H]1C[C@H]2CC[C@H]1C=C(Br)C2. The number of carboxylic acids is 1. The highest BCUT2D eigenvalue weighted by Gasteiger charge is 2.35. The zero-order valence-electron chi connectivity index (χ0n) is 12.0. The molecule has 22 heavy (non-hydrogen) atoms. The minimum absolute atomic E-state index is 0.0111. The van der Waals surface area contributed by atoms with E-state index in [9.17, 15) is 14.7 Å². The molecule has 0 amide bonds. The molecule has 1 fully saturated rings. The van der Waals surface area contributed by atoms with Crippen LogP contribution in [0.3, 0.4) is 0 Å². The molecule has 0 saturated heterocycles. The number of carboxylic acid groups (broad SMARTS) is 1. The van der Waals surface area contributed by atoms with Gasteiger partial charge < -0.3 is 9.84 Å². The molecule has 0 spiro atoms. The minimum atomic E-state index is -1.11. The number of allylic oxidation sites excluding steroid dienone is 1. The van der Waals surface area contributed by atoms with Gasteiger partial charge in [-0.1, -0.05) is 34.1 Å². The maximum absolute atomic E-state index is 12.4. The van der Waals surface area contributed by atoms with E-state index in [0.29, 0.717) is 5.92 Å². The summed E-state index contributed by atoms with van der Waals surface area (Å²) in [5, 5.41) is 9.18. The van der Waals surface area contributed by atoms with Gasteiger partial charge in [0.25, 0.3) is 0 Å². The molecule has 4 rings (SSSR count). The molecular formula is C17H17BrO4. The zero-order chi connectivity index (χ0) is 15.7.